The van der Waals surface area contributed by atoms with Crippen molar-refractivity contribution in [3.05, 3.63) is 40.9 Å². The second kappa shape index (κ2) is 8.64. The van der Waals surface area contributed by atoms with E-state index in [-0.39, 0.29) is 11.9 Å². The first-order valence-corrected chi connectivity index (χ1v) is 11.1. The Morgan fingerprint density at radius 3 is 2.47 bits per heavy atom. The zero-order chi connectivity index (χ0) is 21.3. The summed E-state index contributed by atoms with van der Waals surface area (Å²) in [6, 6.07) is 5.39. The van der Waals surface area contributed by atoms with E-state index >= 15 is 0 Å². The molecule has 0 radical (unpaired) electrons. The molecule has 1 aliphatic carbocycles. The minimum absolute atomic E-state index is 0.113. The first kappa shape index (κ1) is 21.3. The van der Waals surface area contributed by atoms with Crippen molar-refractivity contribution >= 4 is 17.2 Å². The molecule has 1 aromatic carbocycles. The number of carbonyl (C=O) groups excluding carboxylic acids is 1. The molecule has 5 nitrogen and oxygen atoms in total. The molecule has 0 bridgehead atoms. The van der Waals surface area contributed by atoms with Crippen LogP contribution in [0.3, 0.4) is 0 Å². The maximum atomic E-state index is 12.7. The summed E-state index contributed by atoms with van der Waals surface area (Å²) >= 11 is 1.44. The van der Waals surface area contributed by atoms with Crippen LogP contribution in [-0.2, 0) is 17.5 Å². The van der Waals surface area contributed by atoms with Gasteiger partial charge in [-0.15, -0.1) is 11.3 Å². The van der Waals surface area contributed by atoms with Crippen LogP contribution in [0.1, 0.15) is 31.0 Å². The van der Waals surface area contributed by atoms with Crippen LogP contribution in [-0.4, -0.2) is 59.0 Å². The van der Waals surface area contributed by atoms with E-state index in [1.807, 2.05) is 12.3 Å². The number of carbonyl (C=O) groups is 1. The Morgan fingerprint density at radius 1 is 1.20 bits per heavy atom. The summed E-state index contributed by atoms with van der Waals surface area (Å²) in [7, 11) is 0. The number of halogens is 3. The number of alkyl halides is 3. The van der Waals surface area contributed by atoms with Crippen molar-refractivity contribution in [3.8, 4) is 10.6 Å². The third-order valence-corrected chi connectivity index (χ3v) is 6.59. The summed E-state index contributed by atoms with van der Waals surface area (Å²) in [6.45, 7) is 6.03. The summed E-state index contributed by atoms with van der Waals surface area (Å²) < 4.78 is 38.2. The molecule has 1 N–H and O–H groups in total. The fourth-order valence-electron chi connectivity index (χ4n) is 3.57. The van der Waals surface area contributed by atoms with Gasteiger partial charge in [-0.2, -0.15) is 13.2 Å². The van der Waals surface area contributed by atoms with Gasteiger partial charge in [0.15, 0.2) is 0 Å². The first-order valence-electron chi connectivity index (χ1n) is 10.2. The zero-order valence-corrected chi connectivity index (χ0v) is 17.6. The van der Waals surface area contributed by atoms with Crippen LogP contribution >= 0.6 is 11.3 Å². The highest BCUT2D eigenvalue weighted by Gasteiger charge is 2.31. The van der Waals surface area contributed by atoms with Crippen LogP contribution in [0.2, 0.25) is 0 Å². The van der Waals surface area contributed by atoms with Gasteiger partial charge in [0, 0.05) is 49.7 Å². The highest BCUT2D eigenvalue weighted by molar-refractivity contribution is 7.13. The Balaban J connectivity index is 1.29. The van der Waals surface area contributed by atoms with Crippen molar-refractivity contribution in [3.63, 3.8) is 0 Å². The molecule has 2 aromatic rings. The third kappa shape index (κ3) is 5.19. The lowest BCUT2D eigenvalue weighted by molar-refractivity contribution is -0.137. The molecule has 1 unspecified atom stereocenters. The van der Waals surface area contributed by atoms with Crippen molar-refractivity contribution in [2.24, 2.45) is 0 Å². The van der Waals surface area contributed by atoms with Gasteiger partial charge in [-0.05, 0) is 31.9 Å². The van der Waals surface area contributed by atoms with E-state index in [9.17, 15) is 18.0 Å². The second-order valence-electron chi connectivity index (χ2n) is 7.99. The summed E-state index contributed by atoms with van der Waals surface area (Å²) in [5, 5.41) is 5.75. The number of aromatic nitrogens is 1. The lowest BCUT2D eigenvalue weighted by Gasteiger charge is -2.37. The van der Waals surface area contributed by atoms with Crippen LogP contribution < -0.4 is 5.32 Å². The molecular weight excluding hydrogens is 413 g/mol. The molecule has 4 rings (SSSR count). The molecule has 1 atom stereocenters. The van der Waals surface area contributed by atoms with E-state index in [4.69, 9.17) is 0 Å². The standard InChI is InChI=1S/C21H25F3N4OS/c1-14(19(29)25-17-6-7-17)28-10-8-27(9-11-28)12-18-13-30-20(26-18)15-2-4-16(5-3-15)21(22,23)24/h2-5,13-14,17H,6-12H2,1H3,(H,25,29). The number of amides is 1. The number of piperazine rings is 1. The molecule has 1 aromatic heterocycles. The molecule has 30 heavy (non-hydrogen) atoms. The van der Waals surface area contributed by atoms with Crippen molar-refractivity contribution in [2.75, 3.05) is 26.2 Å². The lowest BCUT2D eigenvalue weighted by Crippen LogP contribution is -2.53. The Bertz CT molecular complexity index is 871. The molecule has 2 aliphatic rings. The Morgan fingerprint density at radius 2 is 1.87 bits per heavy atom. The van der Waals surface area contributed by atoms with Crippen molar-refractivity contribution < 1.29 is 18.0 Å². The van der Waals surface area contributed by atoms with Gasteiger partial charge in [0.2, 0.25) is 5.91 Å². The lowest BCUT2D eigenvalue weighted by atomic mass is 10.1. The van der Waals surface area contributed by atoms with Gasteiger partial charge in [0.1, 0.15) is 5.01 Å². The highest BCUT2D eigenvalue weighted by atomic mass is 32.1. The van der Waals surface area contributed by atoms with E-state index in [1.165, 1.54) is 23.5 Å². The number of nitrogens with zero attached hydrogens (tertiary/aromatic N) is 3. The van der Waals surface area contributed by atoms with Crippen LogP contribution in [0, 0.1) is 0 Å². The number of benzene rings is 1. The Labute approximate surface area is 177 Å². The fraction of sp³-hybridized carbons (Fsp3) is 0.524. The molecule has 1 saturated carbocycles. The number of thiazole rings is 1. The SMILES string of the molecule is CC(C(=O)NC1CC1)N1CCN(Cc2csc(-c3ccc(C(F)(F)F)cc3)n2)CC1. The van der Waals surface area contributed by atoms with Crippen LogP contribution in [0.15, 0.2) is 29.6 Å². The van der Waals surface area contributed by atoms with Crippen LogP contribution in [0.4, 0.5) is 13.2 Å². The third-order valence-electron chi connectivity index (χ3n) is 5.65. The quantitative estimate of drug-likeness (QED) is 0.749. The molecule has 0 spiro atoms. The molecule has 2 heterocycles. The maximum absolute atomic E-state index is 12.7. The van der Waals surface area contributed by atoms with Gasteiger partial charge in [0.05, 0.1) is 17.3 Å². The summed E-state index contributed by atoms with van der Waals surface area (Å²) in [5.74, 6) is 0.117. The van der Waals surface area contributed by atoms with Crippen LogP contribution in [0.5, 0.6) is 0 Å². The van der Waals surface area contributed by atoms with Crippen LogP contribution in [0.25, 0.3) is 10.6 Å². The Hall–Kier alpha value is -1.97. The minimum atomic E-state index is -4.33. The largest absolute Gasteiger partial charge is 0.416 e. The predicted molar refractivity (Wildman–Crippen MR) is 110 cm³/mol. The average Bonchev–Trinajstić information content (AvgIpc) is 3.42. The molecule has 1 amide bonds. The fourth-order valence-corrected chi connectivity index (χ4v) is 4.38. The van der Waals surface area contributed by atoms with Crippen molar-refractivity contribution in [1.82, 2.24) is 20.1 Å². The van der Waals surface area contributed by atoms with Crippen molar-refractivity contribution in [1.29, 1.82) is 0 Å². The molecule has 2 fully saturated rings. The smallest absolute Gasteiger partial charge is 0.352 e. The Kier molecular flexibility index (Phi) is 6.13. The average molecular weight is 439 g/mol. The molecule has 1 saturated heterocycles. The maximum Gasteiger partial charge on any atom is 0.416 e. The minimum Gasteiger partial charge on any atom is -0.352 e. The number of nitrogens with one attached hydrogen (secondary N) is 1. The van der Waals surface area contributed by atoms with Gasteiger partial charge in [0.25, 0.3) is 0 Å². The normalized spacial score (nSPS) is 19.6. The predicted octanol–water partition coefficient (Wildman–Crippen LogP) is 3.61. The van der Waals surface area contributed by atoms with E-state index in [0.29, 0.717) is 18.2 Å². The zero-order valence-electron chi connectivity index (χ0n) is 16.8. The van der Waals surface area contributed by atoms with E-state index < -0.39 is 11.7 Å². The highest BCUT2D eigenvalue weighted by Crippen LogP contribution is 2.32. The van der Waals surface area contributed by atoms with E-state index in [1.54, 1.807) is 0 Å². The summed E-state index contributed by atoms with van der Waals surface area (Å²) in [6.07, 6.45) is -2.15. The number of hydrogen-bond donors (Lipinski definition) is 1. The van der Waals surface area contributed by atoms with Gasteiger partial charge in [-0.25, -0.2) is 4.98 Å². The first-order chi connectivity index (χ1) is 14.3. The topological polar surface area (TPSA) is 48.5 Å². The van der Waals surface area contributed by atoms with Crippen molar-refractivity contribution in [2.45, 2.75) is 44.6 Å². The van der Waals surface area contributed by atoms with Gasteiger partial charge in [-0.1, -0.05) is 12.1 Å². The number of hydrogen-bond acceptors (Lipinski definition) is 5. The molecule has 162 valence electrons. The molecule has 9 heteroatoms. The van der Waals surface area contributed by atoms with Gasteiger partial charge >= 0.3 is 6.18 Å². The summed E-state index contributed by atoms with van der Waals surface area (Å²) in [5.41, 5.74) is 0.961. The molecule has 1 aliphatic heterocycles. The summed E-state index contributed by atoms with van der Waals surface area (Å²) in [4.78, 5) is 21.4. The molecular formula is C21H25F3N4OS. The van der Waals surface area contributed by atoms with Gasteiger partial charge < -0.3 is 5.32 Å². The van der Waals surface area contributed by atoms with E-state index in [0.717, 1.165) is 61.9 Å². The second-order valence-corrected chi connectivity index (χ2v) is 8.85. The van der Waals surface area contributed by atoms with E-state index in [2.05, 4.69) is 20.1 Å². The van der Waals surface area contributed by atoms with Gasteiger partial charge in [-0.3, -0.25) is 14.6 Å². The number of rotatable bonds is 6. The monoisotopic (exact) mass is 438 g/mol.